The van der Waals surface area contributed by atoms with Crippen molar-refractivity contribution in [3.63, 3.8) is 0 Å². The molecule has 21 heavy (non-hydrogen) atoms. The second-order valence-corrected chi connectivity index (χ2v) is 8.08. The highest BCUT2D eigenvalue weighted by molar-refractivity contribution is 5.86. The molecule has 0 radical (unpaired) electrons. The van der Waals surface area contributed by atoms with E-state index in [0.717, 1.165) is 11.1 Å². The minimum atomic E-state index is -0.994. The van der Waals surface area contributed by atoms with E-state index >= 15 is 0 Å². The van der Waals surface area contributed by atoms with Gasteiger partial charge in [0.15, 0.2) is 0 Å². The zero-order chi connectivity index (χ0) is 16.6. The Kier molecular flexibility index (Phi) is 4.59. The summed E-state index contributed by atoms with van der Waals surface area (Å²) in [6, 6.07) is 0. The van der Waals surface area contributed by atoms with E-state index in [-0.39, 0.29) is 22.8 Å². The maximum Gasteiger partial charge on any atom is 0.331 e. The van der Waals surface area contributed by atoms with Gasteiger partial charge in [-0.05, 0) is 22.5 Å². The van der Waals surface area contributed by atoms with Crippen molar-refractivity contribution in [2.24, 2.45) is 10.8 Å². The first-order chi connectivity index (χ1) is 9.26. The zero-order valence-electron chi connectivity index (χ0n) is 14.1. The Morgan fingerprint density at radius 3 is 2.19 bits per heavy atom. The molecule has 0 amide bonds. The van der Waals surface area contributed by atoms with Gasteiger partial charge in [0.25, 0.3) is 0 Å². The predicted octanol–water partition coefficient (Wildman–Crippen LogP) is 4.10. The normalized spacial score (nSPS) is 23.4. The van der Waals surface area contributed by atoms with Crippen LogP contribution in [0.1, 0.15) is 54.4 Å². The van der Waals surface area contributed by atoms with E-state index in [4.69, 9.17) is 5.11 Å². The number of carboxylic acids is 1. The summed E-state index contributed by atoms with van der Waals surface area (Å²) in [4.78, 5) is 11.0. The van der Waals surface area contributed by atoms with Crippen LogP contribution >= 0.6 is 0 Å². The molecule has 3 nitrogen and oxygen atoms in total. The predicted molar refractivity (Wildman–Crippen MR) is 86.0 cm³/mol. The number of allylic oxidation sites excluding steroid dienone is 2. The van der Waals surface area contributed by atoms with E-state index in [1.54, 1.807) is 0 Å². The van der Waals surface area contributed by atoms with E-state index in [0.29, 0.717) is 6.42 Å². The molecule has 2 N–H and O–H groups in total. The van der Waals surface area contributed by atoms with Crippen LogP contribution < -0.4 is 0 Å². The first kappa shape index (κ1) is 17.7. The highest BCUT2D eigenvalue weighted by Crippen LogP contribution is 2.45. The molecule has 0 aromatic carbocycles. The number of aliphatic hydroxyl groups is 1. The van der Waals surface area contributed by atoms with Crippen molar-refractivity contribution in [1.29, 1.82) is 0 Å². The fourth-order valence-corrected chi connectivity index (χ4v) is 2.35. The molecule has 0 saturated heterocycles. The van der Waals surface area contributed by atoms with E-state index in [1.165, 1.54) is 0 Å². The average molecular weight is 292 g/mol. The van der Waals surface area contributed by atoms with Crippen LogP contribution in [0.4, 0.5) is 0 Å². The van der Waals surface area contributed by atoms with Gasteiger partial charge < -0.3 is 10.2 Å². The van der Waals surface area contributed by atoms with E-state index < -0.39 is 11.6 Å². The minimum absolute atomic E-state index is 0.0662. The molecule has 1 aliphatic carbocycles. The molecule has 0 aromatic heterocycles. The van der Waals surface area contributed by atoms with Gasteiger partial charge in [-0.2, -0.15) is 0 Å². The van der Waals surface area contributed by atoms with E-state index in [9.17, 15) is 9.90 Å². The van der Waals surface area contributed by atoms with Crippen LogP contribution in [-0.4, -0.2) is 21.8 Å². The van der Waals surface area contributed by atoms with Crippen LogP contribution in [0.15, 0.2) is 35.5 Å². The Balaban J connectivity index is 3.26. The molecule has 0 saturated carbocycles. The molecule has 1 unspecified atom stereocenters. The second kappa shape index (κ2) is 5.45. The van der Waals surface area contributed by atoms with Gasteiger partial charge in [0.1, 0.15) is 0 Å². The van der Waals surface area contributed by atoms with Gasteiger partial charge in [-0.15, -0.1) is 0 Å². The topological polar surface area (TPSA) is 57.5 Å². The number of carboxylic acid groups (broad SMARTS) is 1. The van der Waals surface area contributed by atoms with Crippen molar-refractivity contribution in [3.8, 4) is 0 Å². The molecule has 1 rings (SSSR count). The molecular weight excluding hydrogens is 264 g/mol. The minimum Gasteiger partial charge on any atom is -0.478 e. The van der Waals surface area contributed by atoms with Crippen molar-refractivity contribution in [2.45, 2.75) is 60.0 Å². The molecule has 118 valence electrons. The molecule has 0 fully saturated rings. The number of rotatable bonds is 3. The Morgan fingerprint density at radius 1 is 1.29 bits per heavy atom. The maximum absolute atomic E-state index is 11.1. The van der Waals surface area contributed by atoms with Crippen LogP contribution in [0.3, 0.4) is 0 Å². The maximum atomic E-state index is 11.1. The van der Waals surface area contributed by atoms with Crippen molar-refractivity contribution in [2.75, 3.05) is 0 Å². The lowest BCUT2D eigenvalue weighted by atomic mass is 9.66. The Labute approximate surface area is 128 Å². The summed E-state index contributed by atoms with van der Waals surface area (Å²) >= 11 is 0. The molecule has 1 aliphatic rings. The van der Waals surface area contributed by atoms with Gasteiger partial charge in [-0.25, -0.2) is 4.79 Å². The first-order valence-electron chi connectivity index (χ1n) is 7.32. The van der Waals surface area contributed by atoms with Crippen LogP contribution in [-0.2, 0) is 4.79 Å². The van der Waals surface area contributed by atoms with Crippen LogP contribution in [0.5, 0.6) is 0 Å². The van der Waals surface area contributed by atoms with Crippen molar-refractivity contribution in [3.05, 3.63) is 35.5 Å². The van der Waals surface area contributed by atoms with E-state index in [2.05, 4.69) is 27.4 Å². The molecular formula is C18H28O3. The summed E-state index contributed by atoms with van der Waals surface area (Å²) in [6.45, 7) is 15.9. The lowest BCUT2D eigenvalue weighted by Gasteiger charge is -2.43. The number of carbonyl (C=O) groups is 1. The third-order valence-corrected chi connectivity index (χ3v) is 4.23. The highest BCUT2D eigenvalue weighted by atomic mass is 16.4. The Bertz CT molecular complexity index is 510. The van der Waals surface area contributed by atoms with Gasteiger partial charge in [0.2, 0.25) is 0 Å². The Morgan fingerprint density at radius 2 is 1.81 bits per heavy atom. The first-order valence-corrected chi connectivity index (χ1v) is 7.32. The fraction of sp³-hybridized carbons (Fsp3) is 0.611. The van der Waals surface area contributed by atoms with E-state index in [1.807, 2.05) is 32.9 Å². The molecule has 0 heterocycles. The lowest BCUT2D eigenvalue weighted by molar-refractivity contribution is -0.132. The quantitative estimate of drug-likeness (QED) is 0.770. The van der Waals surface area contributed by atoms with Crippen molar-refractivity contribution >= 4 is 5.97 Å². The number of aliphatic carboxylic acids is 1. The third kappa shape index (κ3) is 4.07. The molecule has 3 heteroatoms. The number of hydrogen-bond donors (Lipinski definition) is 2. The lowest BCUT2D eigenvalue weighted by Crippen LogP contribution is -2.44. The zero-order valence-corrected chi connectivity index (χ0v) is 14.1. The standard InChI is InChI=1S/C18H28O3/c1-12(15(19)20)8-13-9-14(16(2,3)4)11-18(21,10-13)17(5,6)7/h9-10,21H,1,8,11H2,2-7H3,(H,19,20). The number of hydrogen-bond acceptors (Lipinski definition) is 2. The molecule has 0 aromatic rings. The third-order valence-electron chi connectivity index (χ3n) is 4.23. The van der Waals surface area contributed by atoms with Gasteiger partial charge in [-0.3, -0.25) is 0 Å². The molecule has 1 atom stereocenters. The summed E-state index contributed by atoms with van der Waals surface area (Å²) in [5, 5.41) is 20.1. The van der Waals surface area contributed by atoms with Crippen LogP contribution in [0.2, 0.25) is 0 Å². The van der Waals surface area contributed by atoms with Crippen LogP contribution in [0.25, 0.3) is 0 Å². The molecule has 0 aliphatic heterocycles. The molecule has 0 bridgehead atoms. The van der Waals surface area contributed by atoms with Gasteiger partial charge >= 0.3 is 5.97 Å². The monoisotopic (exact) mass is 292 g/mol. The smallest absolute Gasteiger partial charge is 0.331 e. The summed E-state index contributed by atoms with van der Waals surface area (Å²) < 4.78 is 0. The van der Waals surface area contributed by atoms with Crippen molar-refractivity contribution in [1.82, 2.24) is 0 Å². The van der Waals surface area contributed by atoms with Crippen LogP contribution in [0, 0.1) is 10.8 Å². The van der Waals surface area contributed by atoms with Gasteiger partial charge in [0, 0.05) is 18.4 Å². The summed E-state index contributed by atoms with van der Waals surface area (Å²) in [5.41, 5.74) is 0.741. The fourth-order valence-electron chi connectivity index (χ4n) is 2.35. The van der Waals surface area contributed by atoms with Gasteiger partial charge in [-0.1, -0.05) is 59.8 Å². The molecule has 0 spiro atoms. The highest BCUT2D eigenvalue weighted by Gasteiger charge is 2.42. The largest absolute Gasteiger partial charge is 0.478 e. The summed E-state index contributed by atoms with van der Waals surface area (Å²) in [5.74, 6) is -0.994. The second-order valence-electron chi connectivity index (χ2n) is 8.08. The average Bonchev–Trinajstić information content (AvgIpc) is 2.25. The Hall–Kier alpha value is -1.35. The van der Waals surface area contributed by atoms with Crippen molar-refractivity contribution < 1.29 is 15.0 Å². The van der Waals surface area contributed by atoms with Gasteiger partial charge in [0.05, 0.1) is 5.60 Å². The summed E-state index contributed by atoms with van der Waals surface area (Å²) in [7, 11) is 0. The SMILES string of the molecule is C=C(CC1=CC(O)(C(C)(C)C)CC(C(C)(C)C)=C1)C(=O)O. The summed E-state index contributed by atoms with van der Waals surface area (Å²) in [6.07, 6.45) is 4.67.